The Bertz CT molecular complexity index is 1430. The van der Waals surface area contributed by atoms with Crippen molar-refractivity contribution in [1.82, 2.24) is 9.97 Å². The number of ether oxygens (including phenoxy) is 3. The Morgan fingerprint density at radius 3 is 2.48 bits per heavy atom. The second-order valence-electron chi connectivity index (χ2n) is 5.17. The van der Waals surface area contributed by atoms with Crippen LogP contribution in [0, 0.1) is 6.85 Å². The topological polar surface area (TPSA) is 118 Å². The first-order chi connectivity index (χ1) is 18.2. The third-order valence-corrected chi connectivity index (χ3v) is 3.58. The van der Waals surface area contributed by atoms with Crippen LogP contribution in [0.25, 0.3) is 10.9 Å². The highest BCUT2D eigenvalue weighted by Crippen LogP contribution is 2.40. The molecule has 5 N–H and O–H groups in total. The zero-order valence-corrected chi connectivity index (χ0v) is 14.0. The van der Waals surface area contributed by atoms with Crippen molar-refractivity contribution in [3.05, 3.63) is 35.3 Å². The Labute approximate surface area is 175 Å². The van der Waals surface area contributed by atoms with E-state index in [4.69, 9.17) is 43.5 Å². The van der Waals surface area contributed by atoms with Crippen molar-refractivity contribution >= 4 is 28.4 Å². The van der Waals surface area contributed by atoms with Crippen molar-refractivity contribution in [3.63, 3.8) is 0 Å². The van der Waals surface area contributed by atoms with Crippen molar-refractivity contribution in [2.75, 3.05) is 38.0 Å². The van der Waals surface area contributed by atoms with Crippen LogP contribution in [0.1, 0.15) is 28.9 Å². The van der Waals surface area contributed by atoms with Gasteiger partial charge in [-0.3, -0.25) is 0 Å². The van der Waals surface area contributed by atoms with E-state index in [1.54, 1.807) is 0 Å². The first kappa shape index (κ1) is 8.08. The van der Waals surface area contributed by atoms with Gasteiger partial charge in [-0.15, -0.1) is 0 Å². The number of nitrogens with two attached hydrogens (primary N) is 2. The molecule has 0 radical (unpaired) electrons. The highest BCUT2D eigenvalue weighted by molar-refractivity contribution is 5.92. The summed E-state index contributed by atoms with van der Waals surface area (Å²) in [5.74, 6) is -2.96. The number of nitrogens with one attached hydrogen (secondary N) is 1. The summed E-state index contributed by atoms with van der Waals surface area (Å²) < 4.78 is 117. The second kappa shape index (κ2) is 7.45. The van der Waals surface area contributed by atoms with Crippen molar-refractivity contribution in [2.24, 2.45) is 0 Å². The molecule has 1 heterocycles. The van der Waals surface area contributed by atoms with Crippen LogP contribution in [0.15, 0.2) is 24.2 Å². The Balaban J connectivity index is 2.30. The number of nitrogen functional groups attached to an aromatic ring is 2. The predicted octanol–water partition coefficient (Wildman–Crippen LogP) is 2.74. The van der Waals surface area contributed by atoms with Gasteiger partial charge in [-0.05, 0) is 24.0 Å². The van der Waals surface area contributed by atoms with Crippen molar-refractivity contribution < 1.29 is 32.0 Å². The maximum Gasteiger partial charge on any atom is 0.222 e. The van der Waals surface area contributed by atoms with Crippen LogP contribution in [-0.2, 0) is 6.54 Å². The second-order valence-corrected chi connectivity index (χ2v) is 5.17. The van der Waals surface area contributed by atoms with Gasteiger partial charge < -0.3 is 31.0 Å². The minimum absolute atomic E-state index is 0.253. The molecular formula is C19H23N5O3. The average molecular weight is 383 g/mol. The molecule has 0 saturated heterocycles. The first-order valence-corrected chi connectivity index (χ1v) is 7.36. The van der Waals surface area contributed by atoms with Gasteiger partial charge in [-0.25, -0.2) is 4.98 Å². The van der Waals surface area contributed by atoms with Gasteiger partial charge in [0.25, 0.3) is 0 Å². The molecule has 0 unspecified atom stereocenters. The Morgan fingerprint density at radius 1 is 1.11 bits per heavy atom. The summed E-state index contributed by atoms with van der Waals surface area (Å²) in [5, 5.41) is 2.31. The van der Waals surface area contributed by atoms with Gasteiger partial charge in [0.2, 0.25) is 11.7 Å². The molecule has 0 aliphatic carbocycles. The quantitative estimate of drug-likeness (QED) is 0.596. The number of rotatable bonds is 6. The monoisotopic (exact) mass is 382 g/mol. The van der Waals surface area contributed by atoms with Crippen LogP contribution >= 0.6 is 0 Å². The fraction of sp³-hybridized carbons (Fsp3) is 0.263. The van der Waals surface area contributed by atoms with E-state index in [2.05, 4.69) is 15.3 Å². The normalized spacial score (nSPS) is 19.1. The molecule has 0 aliphatic rings. The highest BCUT2D eigenvalue weighted by atomic mass is 16.5. The fourth-order valence-corrected chi connectivity index (χ4v) is 2.38. The maximum atomic E-state index is 8.48. The molecular weight excluding hydrogens is 346 g/mol. The van der Waals surface area contributed by atoms with Gasteiger partial charge in [-0.1, -0.05) is 6.04 Å². The third kappa shape index (κ3) is 3.46. The number of methoxy groups -OCH3 is 3. The van der Waals surface area contributed by atoms with Gasteiger partial charge in [0, 0.05) is 33.8 Å². The molecule has 0 aliphatic heterocycles. The standard InChI is InChI=1S/C19H23N5O3/c1-10-11(5-6-13-16(10)18(20)24-19(21)23-13)9-22-12-7-14(25-2)17(27-4)15(8-12)26-3/h5-8,22H,9H2,1-4H3,(H4,20,21,23,24)/i1D3,2D3,3D3,5D,6D,7D,8D. The van der Waals surface area contributed by atoms with Gasteiger partial charge in [-0.2, -0.15) is 4.98 Å². The van der Waals surface area contributed by atoms with Crippen LogP contribution in [0.4, 0.5) is 17.5 Å². The van der Waals surface area contributed by atoms with E-state index in [1.807, 2.05) is 0 Å². The fourth-order valence-electron chi connectivity index (χ4n) is 2.38. The largest absolute Gasteiger partial charge is 0.493 e. The number of anilines is 3. The lowest BCUT2D eigenvalue weighted by molar-refractivity contribution is 0.324. The number of nitrogens with zero attached hydrogens (tertiary/aromatic N) is 2. The zero-order valence-electron chi connectivity index (χ0n) is 27.0. The molecule has 3 rings (SSSR count). The number of fused-ring (bicyclic) bond motifs is 1. The molecule has 2 aromatic carbocycles. The zero-order chi connectivity index (χ0) is 30.5. The molecule has 0 saturated carbocycles. The van der Waals surface area contributed by atoms with Crippen LogP contribution < -0.4 is 31.0 Å². The lowest BCUT2D eigenvalue weighted by Gasteiger charge is -2.16. The summed E-state index contributed by atoms with van der Waals surface area (Å²) in [4.78, 5) is 7.63. The molecule has 0 fully saturated rings. The van der Waals surface area contributed by atoms with E-state index in [9.17, 15) is 0 Å². The number of benzene rings is 2. The summed E-state index contributed by atoms with van der Waals surface area (Å²) in [7, 11) is -5.26. The average Bonchev–Trinajstić information content (AvgIpc) is 2.78. The summed E-state index contributed by atoms with van der Waals surface area (Å²) in [6.45, 7) is -3.56. The van der Waals surface area contributed by atoms with Crippen molar-refractivity contribution in [1.29, 1.82) is 0 Å². The SMILES string of the molecule is [2H]c1c(NCc2c([2H])c([2H])c3nc(N)nc(N)c3c2C([2H])([2H])[2H])c([2H])c(OC([2H])([2H])[2H])c(OC)c1OC([2H])([2H])[2H]. The highest BCUT2D eigenvalue weighted by Gasteiger charge is 2.14. The minimum atomic E-state index is -3.14. The number of aromatic nitrogens is 2. The summed E-state index contributed by atoms with van der Waals surface area (Å²) >= 11 is 0. The number of hydrogen-bond donors (Lipinski definition) is 3. The Hall–Kier alpha value is -3.42. The lowest BCUT2D eigenvalue weighted by atomic mass is 10.0. The van der Waals surface area contributed by atoms with E-state index in [1.165, 1.54) is 0 Å². The van der Waals surface area contributed by atoms with E-state index >= 15 is 0 Å². The third-order valence-electron chi connectivity index (χ3n) is 3.58. The van der Waals surface area contributed by atoms with E-state index in [0.717, 1.165) is 7.11 Å². The van der Waals surface area contributed by atoms with Gasteiger partial charge >= 0.3 is 0 Å². The summed E-state index contributed by atoms with van der Waals surface area (Å²) in [6, 6.07) is -2.70. The van der Waals surface area contributed by atoms with Crippen LogP contribution in [0.2, 0.25) is 0 Å². The number of hydrogen-bond acceptors (Lipinski definition) is 8. The molecule has 142 valence electrons. The molecule has 1 aromatic heterocycles. The van der Waals surface area contributed by atoms with Crippen molar-refractivity contribution in [2.45, 2.75) is 13.4 Å². The Morgan fingerprint density at radius 2 is 1.85 bits per heavy atom. The molecule has 0 spiro atoms. The van der Waals surface area contributed by atoms with E-state index in [0.29, 0.717) is 0 Å². The molecule has 0 bridgehead atoms. The van der Waals surface area contributed by atoms with E-state index < -0.39 is 80.1 Å². The molecule has 3 aromatic rings. The minimum Gasteiger partial charge on any atom is -0.493 e. The van der Waals surface area contributed by atoms with Gasteiger partial charge in [0.1, 0.15) is 5.82 Å². The molecule has 27 heavy (non-hydrogen) atoms. The Kier molecular flexibility index (Phi) is 2.23. The summed E-state index contributed by atoms with van der Waals surface area (Å²) in [5.41, 5.74) is 9.87. The summed E-state index contributed by atoms with van der Waals surface area (Å²) in [6.07, 6.45) is 0. The smallest absolute Gasteiger partial charge is 0.222 e. The maximum absolute atomic E-state index is 8.48. The molecule has 0 amide bonds. The molecule has 8 nitrogen and oxygen atoms in total. The predicted molar refractivity (Wildman–Crippen MR) is 107 cm³/mol. The van der Waals surface area contributed by atoms with Gasteiger partial charge in [0.05, 0.1) is 40.4 Å². The van der Waals surface area contributed by atoms with Gasteiger partial charge in [0.15, 0.2) is 11.5 Å². The first-order valence-electron chi connectivity index (χ1n) is 13.9. The van der Waals surface area contributed by atoms with Crippen LogP contribution in [-0.4, -0.2) is 31.2 Å². The van der Waals surface area contributed by atoms with Crippen LogP contribution in [0.5, 0.6) is 17.2 Å². The van der Waals surface area contributed by atoms with Crippen molar-refractivity contribution in [3.8, 4) is 17.2 Å². The number of aryl methyl sites for hydroxylation is 1. The lowest BCUT2D eigenvalue weighted by Crippen LogP contribution is -2.06. The molecule has 8 heteroatoms. The molecule has 0 atom stereocenters. The van der Waals surface area contributed by atoms with Crippen LogP contribution in [0.3, 0.4) is 0 Å². The van der Waals surface area contributed by atoms with E-state index in [-0.39, 0.29) is 28.2 Å².